The largest absolute Gasteiger partial charge is 0.452 e. The zero-order valence-corrected chi connectivity index (χ0v) is 11.6. The summed E-state index contributed by atoms with van der Waals surface area (Å²) in [6, 6.07) is 12.4. The number of benzene rings is 1. The van der Waals surface area contributed by atoms with Crippen LogP contribution >= 0.6 is 15.9 Å². The van der Waals surface area contributed by atoms with E-state index in [4.69, 9.17) is 4.42 Å². The Kier molecular flexibility index (Phi) is 3.28. The number of hydrogen-bond acceptors (Lipinski definition) is 3. The Labute approximate surface area is 115 Å². The molecule has 1 aromatic heterocycles. The van der Waals surface area contributed by atoms with Gasteiger partial charge in [-0.2, -0.15) is 0 Å². The third-order valence-electron chi connectivity index (χ3n) is 3.14. The molecular weight excluding hydrogens is 292 g/mol. The van der Waals surface area contributed by atoms with Gasteiger partial charge in [0.2, 0.25) is 0 Å². The van der Waals surface area contributed by atoms with Crippen molar-refractivity contribution in [3.63, 3.8) is 0 Å². The average molecular weight is 307 g/mol. The number of fused-ring (bicyclic) bond motifs is 1. The van der Waals surface area contributed by atoms with Gasteiger partial charge in [0.1, 0.15) is 5.76 Å². The molecule has 4 heteroatoms. The molecule has 0 saturated heterocycles. The van der Waals surface area contributed by atoms with E-state index in [1.807, 2.05) is 12.1 Å². The number of nitrogens with zero attached hydrogens (tertiary/aromatic N) is 1. The number of anilines is 2. The van der Waals surface area contributed by atoms with E-state index < -0.39 is 0 Å². The lowest BCUT2D eigenvalue weighted by Gasteiger charge is -2.23. The molecule has 3 rings (SSSR count). The molecule has 0 unspecified atom stereocenters. The molecule has 3 nitrogen and oxygen atoms in total. The maximum Gasteiger partial charge on any atom is 0.169 e. The lowest BCUT2D eigenvalue weighted by atomic mass is 10.2. The summed E-state index contributed by atoms with van der Waals surface area (Å²) in [4.78, 5) is 2.36. The van der Waals surface area contributed by atoms with E-state index >= 15 is 0 Å². The topological polar surface area (TPSA) is 28.4 Å². The molecule has 18 heavy (non-hydrogen) atoms. The monoisotopic (exact) mass is 306 g/mol. The number of nitrogens with one attached hydrogen (secondary N) is 1. The van der Waals surface area contributed by atoms with E-state index in [0.29, 0.717) is 0 Å². The molecule has 1 N–H and O–H groups in total. The molecule has 94 valence electrons. The second-order valence-corrected chi connectivity index (χ2v) is 5.21. The Hall–Kier alpha value is -1.42. The first-order valence-electron chi connectivity index (χ1n) is 6.15. The maximum atomic E-state index is 5.60. The van der Waals surface area contributed by atoms with Crippen LogP contribution in [0.4, 0.5) is 11.4 Å². The fraction of sp³-hybridized carbons (Fsp3) is 0.286. The van der Waals surface area contributed by atoms with Crippen LogP contribution in [0.15, 0.2) is 45.5 Å². The van der Waals surface area contributed by atoms with Crippen molar-refractivity contribution in [1.82, 2.24) is 0 Å². The van der Waals surface area contributed by atoms with Crippen molar-refractivity contribution in [2.45, 2.75) is 13.0 Å². The van der Waals surface area contributed by atoms with Crippen LogP contribution in [-0.2, 0) is 6.54 Å². The first kappa shape index (κ1) is 11.7. The molecule has 0 aliphatic carbocycles. The Bertz CT molecular complexity index is 538. The second kappa shape index (κ2) is 5.06. The standard InChI is InChI=1S/C14H15BrN2O/c15-14-7-6-11(18-14)10-17-9-3-8-16-12-4-1-2-5-13(12)17/h1-2,4-7,16H,3,8-10H2. The minimum atomic E-state index is 0.790. The van der Waals surface area contributed by atoms with Gasteiger partial charge >= 0.3 is 0 Å². The van der Waals surface area contributed by atoms with Crippen molar-refractivity contribution in [1.29, 1.82) is 0 Å². The Morgan fingerprint density at radius 2 is 2.11 bits per heavy atom. The highest BCUT2D eigenvalue weighted by molar-refractivity contribution is 9.10. The van der Waals surface area contributed by atoms with Crippen LogP contribution in [0.5, 0.6) is 0 Å². The van der Waals surface area contributed by atoms with E-state index in [1.165, 1.54) is 11.4 Å². The van der Waals surface area contributed by atoms with Crippen molar-refractivity contribution >= 4 is 27.3 Å². The van der Waals surface area contributed by atoms with Crippen molar-refractivity contribution in [2.24, 2.45) is 0 Å². The molecule has 1 aromatic carbocycles. The summed E-state index contributed by atoms with van der Waals surface area (Å²) in [5, 5.41) is 3.46. The van der Waals surface area contributed by atoms with Crippen LogP contribution in [0.1, 0.15) is 12.2 Å². The molecule has 1 aliphatic heterocycles. The van der Waals surface area contributed by atoms with Gasteiger partial charge in [-0.3, -0.25) is 0 Å². The highest BCUT2D eigenvalue weighted by atomic mass is 79.9. The summed E-state index contributed by atoms with van der Waals surface area (Å²) in [6.07, 6.45) is 1.14. The molecule has 1 aliphatic rings. The van der Waals surface area contributed by atoms with Crippen molar-refractivity contribution < 1.29 is 4.42 Å². The van der Waals surface area contributed by atoms with Crippen molar-refractivity contribution in [2.75, 3.05) is 23.3 Å². The third kappa shape index (κ3) is 2.38. The van der Waals surface area contributed by atoms with Crippen LogP contribution in [0.2, 0.25) is 0 Å². The molecule has 0 amide bonds. The summed E-state index contributed by atoms with van der Waals surface area (Å²) < 4.78 is 6.39. The second-order valence-electron chi connectivity index (χ2n) is 4.42. The van der Waals surface area contributed by atoms with Crippen LogP contribution in [0, 0.1) is 0 Å². The molecule has 0 fully saturated rings. The zero-order chi connectivity index (χ0) is 12.4. The lowest BCUT2D eigenvalue weighted by Crippen LogP contribution is -2.22. The summed E-state index contributed by atoms with van der Waals surface area (Å²) in [5.74, 6) is 0.985. The van der Waals surface area contributed by atoms with E-state index in [9.17, 15) is 0 Å². The quantitative estimate of drug-likeness (QED) is 0.913. The SMILES string of the molecule is Brc1ccc(CN2CCCNc3ccccc32)o1. The number of hydrogen-bond donors (Lipinski definition) is 1. The Morgan fingerprint density at radius 3 is 2.94 bits per heavy atom. The van der Waals surface area contributed by atoms with Gasteiger partial charge in [-0.15, -0.1) is 0 Å². The van der Waals surface area contributed by atoms with Gasteiger partial charge in [0, 0.05) is 13.1 Å². The molecular formula is C14H15BrN2O. The van der Waals surface area contributed by atoms with Crippen LogP contribution in [-0.4, -0.2) is 13.1 Å². The first-order chi connectivity index (χ1) is 8.83. The van der Waals surface area contributed by atoms with Crippen LogP contribution in [0.25, 0.3) is 0 Å². The number of halogens is 1. The minimum Gasteiger partial charge on any atom is -0.452 e. The fourth-order valence-corrected chi connectivity index (χ4v) is 2.64. The van der Waals surface area contributed by atoms with Gasteiger partial charge in [-0.25, -0.2) is 0 Å². The van der Waals surface area contributed by atoms with Gasteiger partial charge in [-0.1, -0.05) is 12.1 Å². The first-order valence-corrected chi connectivity index (χ1v) is 6.94. The van der Waals surface area contributed by atoms with Gasteiger partial charge in [0.05, 0.1) is 17.9 Å². The van der Waals surface area contributed by atoms with E-state index in [1.54, 1.807) is 0 Å². The normalized spacial score (nSPS) is 14.8. The molecule has 0 atom stereocenters. The smallest absolute Gasteiger partial charge is 0.169 e. The van der Waals surface area contributed by atoms with Crippen molar-refractivity contribution in [3.05, 3.63) is 46.8 Å². The van der Waals surface area contributed by atoms with Crippen molar-refractivity contribution in [3.8, 4) is 0 Å². The summed E-state index contributed by atoms with van der Waals surface area (Å²) in [7, 11) is 0. The van der Waals surface area contributed by atoms with Gasteiger partial charge in [-0.05, 0) is 46.6 Å². The Morgan fingerprint density at radius 1 is 1.22 bits per heavy atom. The predicted molar refractivity (Wildman–Crippen MR) is 77.0 cm³/mol. The minimum absolute atomic E-state index is 0.790. The number of furan rings is 1. The summed E-state index contributed by atoms with van der Waals surface area (Å²) in [5.41, 5.74) is 2.46. The van der Waals surface area contributed by atoms with Gasteiger partial charge in [0.15, 0.2) is 4.67 Å². The molecule has 2 heterocycles. The zero-order valence-electron chi connectivity index (χ0n) is 10.0. The highest BCUT2D eigenvalue weighted by Gasteiger charge is 2.15. The third-order valence-corrected chi connectivity index (χ3v) is 3.57. The van der Waals surface area contributed by atoms with Gasteiger partial charge in [0.25, 0.3) is 0 Å². The van der Waals surface area contributed by atoms with E-state index in [-0.39, 0.29) is 0 Å². The molecule has 0 bridgehead atoms. The summed E-state index contributed by atoms with van der Waals surface area (Å²) in [6.45, 7) is 2.88. The highest BCUT2D eigenvalue weighted by Crippen LogP contribution is 2.29. The molecule has 0 saturated carbocycles. The molecule has 0 spiro atoms. The molecule has 0 radical (unpaired) electrons. The fourth-order valence-electron chi connectivity index (χ4n) is 2.30. The lowest BCUT2D eigenvalue weighted by molar-refractivity contribution is 0.481. The number of rotatable bonds is 2. The van der Waals surface area contributed by atoms with Gasteiger partial charge < -0.3 is 14.6 Å². The Balaban J connectivity index is 1.87. The van der Waals surface area contributed by atoms with E-state index in [0.717, 1.165) is 36.5 Å². The summed E-state index contributed by atoms with van der Waals surface area (Å²) >= 11 is 3.35. The average Bonchev–Trinajstić information content (AvgIpc) is 2.68. The van der Waals surface area contributed by atoms with E-state index in [2.05, 4.69) is 50.4 Å². The van der Waals surface area contributed by atoms with Crippen LogP contribution in [0.3, 0.4) is 0 Å². The number of para-hydroxylation sites is 2. The predicted octanol–water partition coefficient (Wildman–Crippen LogP) is 3.86. The molecule has 2 aromatic rings. The van der Waals surface area contributed by atoms with Crippen LogP contribution < -0.4 is 10.2 Å². The maximum absolute atomic E-state index is 5.60.